The lowest BCUT2D eigenvalue weighted by atomic mass is 9.87. The van der Waals surface area contributed by atoms with Crippen LogP contribution in [0.1, 0.15) is 24.5 Å². The van der Waals surface area contributed by atoms with Crippen LogP contribution in [-0.4, -0.2) is 6.18 Å². The third kappa shape index (κ3) is 4.03. The van der Waals surface area contributed by atoms with E-state index in [4.69, 9.17) is 0 Å². The Morgan fingerprint density at radius 3 is 1.76 bits per heavy atom. The number of benzene rings is 3. The molecule has 1 N–H and O–H groups in total. The molecular weight excluding hydrogens is 394 g/mol. The van der Waals surface area contributed by atoms with Gasteiger partial charge < -0.3 is 0 Å². The molecule has 6 heteroatoms. The van der Waals surface area contributed by atoms with E-state index in [2.05, 4.69) is 5.09 Å². The van der Waals surface area contributed by atoms with Gasteiger partial charge in [0.2, 0.25) is 7.29 Å². The molecule has 0 amide bonds. The van der Waals surface area contributed by atoms with Crippen LogP contribution in [0.3, 0.4) is 0 Å². The maximum absolute atomic E-state index is 14.6. The second-order valence-electron chi connectivity index (χ2n) is 7.02. The van der Waals surface area contributed by atoms with E-state index < -0.39 is 19.0 Å². The Labute approximate surface area is 169 Å². The molecule has 0 unspecified atom stereocenters. The highest BCUT2D eigenvalue weighted by atomic mass is 31.2. The van der Waals surface area contributed by atoms with E-state index in [9.17, 15) is 17.7 Å². The standard InChI is InChI=1S/C23H23F3NOP/c1-3-22(23(24,25)26,19-12-10-11-18(2)17-19)27-29(28,20-13-6-4-7-14-20)21-15-8-5-9-16-21/h4-17H,3H2,1-2H3,(H,27,28)/t22-/m1/s1. The maximum Gasteiger partial charge on any atom is 0.411 e. The van der Waals surface area contributed by atoms with E-state index in [1.165, 1.54) is 19.1 Å². The zero-order chi connectivity index (χ0) is 21.1. The molecule has 3 aromatic rings. The molecule has 0 spiro atoms. The lowest BCUT2D eigenvalue weighted by molar-refractivity contribution is -0.196. The number of aryl methyl sites for hydroxylation is 1. The van der Waals surface area contributed by atoms with Gasteiger partial charge in [-0.25, -0.2) is 5.09 Å². The van der Waals surface area contributed by atoms with Crippen LogP contribution in [-0.2, 0) is 10.1 Å². The van der Waals surface area contributed by atoms with Crippen LogP contribution in [0, 0.1) is 6.92 Å². The van der Waals surface area contributed by atoms with Crippen LogP contribution in [0.25, 0.3) is 0 Å². The Bertz CT molecular complexity index is 962. The van der Waals surface area contributed by atoms with Gasteiger partial charge in [-0.15, -0.1) is 0 Å². The molecule has 0 heterocycles. The average Bonchev–Trinajstić information content (AvgIpc) is 2.72. The van der Waals surface area contributed by atoms with Gasteiger partial charge in [0.25, 0.3) is 0 Å². The van der Waals surface area contributed by atoms with Crippen LogP contribution < -0.4 is 15.7 Å². The highest BCUT2D eigenvalue weighted by Crippen LogP contribution is 2.51. The topological polar surface area (TPSA) is 29.1 Å². The van der Waals surface area contributed by atoms with Crippen molar-refractivity contribution in [1.29, 1.82) is 0 Å². The second kappa shape index (κ2) is 8.17. The molecule has 0 radical (unpaired) electrons. The average molecular weight is 417 g/mol. The van der Waals surface area contributed by atoms with Gasteiger partial charge in [-0.1, -0.05) is 73.2 Å². The zero-order valence-corrected chi connectivity index (χ0v) is 17.2. The van der Waals surface area contributed by atoms with Crippen molar-refractivity contribution in [1.82, 2.24) is 5.09 Å². The number of alkyl halides is 3. The Kier molecular flexibility index (Phi) is 6.02. The van der Waals surface area contributed by atoms with Gasteiger partial charge in [0.15, 0.2) is 0 Å². The van der Waals surface area contributed by atoms with Crippen molar-refractivity contribution in [2.24, 2.45) is 0 Å². The monoisotopic (exact) mass is 417 g/mol. The SMILES string of the molecule is CC[C@@](NP(=O)(c1ccccc1)c1ccccc1)(c1cccc(C)c1)C(F)(F)F. The Balaban J connectivity index is 2.26. The summed E-state index contributed by atoms with van der Waals surface area (Å²) in [7, 11) is -3.81. The highest BCUT2D eigenvalue weighted by molar-refractivity contribution is 7.77. The number of rotatable bonds is 6. The van der Waals surface area contributed by atoms with Crippen molar-refractivity contribution >= 4 is 17.9 Å². The Morgan fingerprint density at radius 1 is 0.828 bits per heavy atom. The summed E-state index contributed by atoms with van der Waals surface area (Å²) in [6.07, 6.45) is -4.96. The quantitative estimate of drug-likeness (QED) is 0.523. The summed E-state index contributed by atoms with van der Waals surface area (Å²) < 4.78 is 58.0. The molecule has 0 aliphatic rings. The van der Waals surface area contributed by atoms with Crippen molar-refractivity contribution < 1.29 is 17.7 Å². The summed E-state index contributed by atoms with van der Waals surface area (Å²) in [6.45, 7) is 3.21. The molecule has 0 fully saturated rings. The fourth-order valence-electron chi connectivity index (χ4n) is 3.51. The molecular formula is C23H23F3NOP. The third-order valence-electron chi connectivity index (χ3n) is 5.11. The molecule has 3 rings (SSSR count). The smallest absolute Gasteiger partial charge is 0.296 e. The molecule has 0 aliphatic carbocycles. The first kappa shape index (κ1) is 21.4. The van der Waals surface area contributed by atoms with Gasteiger partial charge in [-0.3, -0.25) is 4.57 Å². The largest absolute Gasteiger partial charge is 0.411 e. The predicted molar refractivity (Wildman–Crippen MR) is 112 cm³/mol. The molecule has 0 saturated carbocycles. The Morgan fingerprint density at radius 2 is 1.34 bits per heavy atom. The summed E-state index contributed by atoms with van der Waals surface area (Å²) in [5, 5.41) is 3.31. The van der Waals surface area contributed by atoms with Crippen LogP contribution in [0.5, 0.6) is 0 Å². The molecule has 2 nitrogen and oxygen atoms in total. The number of halogens is 3. The summed E-state index contributed by atoms with van der Waals surface area (Å²) in [6, 6.07) is 22.9. The van der Waals surface area contributed by atoms with Gasteiger partial charge in [0.05, 0.1) is 0 Å². The second-order valence-corrected chi connectivity index (χ2v) is 9.49. The summed E-state index contributed by atoms with van der Waals surface area (Å²) in [5.41, 5.74) is -1.69. The normalized spacial score (nSPS) is 14.4. The first-order valence-corrected chi connectivity index (χ1v) is 11.1. The summed E-state index contributed by atoms with van der Waals surface area (Å²) >= 11 is 0. The molecule has 0 saturated heterocycles. The van der Waals surface area contributed by atoms with E-state index in [-0.39, 0.29) is 12.0 Å². The van der Waals surface area contributed by atoms with Gasteiger partial charge in [-0.2, -0.15) is 13.2 Å². The van der Waals surface area contributed by atoms with Gasteiger partial charge in [0.1, 0.15) is 5.54 Å². The molecule has 1 atom stereocenters. The lowest BCUT2D eigenvalue weighted by Crippen LogP contribution is -2.54. The fraction of sp³-hybridized carbons (Fsp3) is 0.217. The molecule has 0 aliphatic heterocycles. The Hall–Kier alpha value is -2.36. The molecule has 29 heavy (non-hydrogen) atoms. The van der Waals surface area contributed by atoms with Crippen molar-refractivity contribution in [3.05, 3.63) is 96.1 Å². The van der Waals surface area contributed by atoms with Crippen LogP contribution in [0.15, 0.2) is 84.9 Å². The van der Waals surface area contributed by atoms with Crippen LogP contribution in [0.4, 0.5) is 13.2 Å². The van der Waals surface area contributed by atoms with Crippen molar-refractivity contribution in [3.8, 4) is 0 Å². The highest BCUT2D eigenvalue weighted by Gasteiger charge is 2.57. The third-order valence-corrected chi connectivity index (χ3v) is 7.86. The van der Waals surface area contributed by atoms with E-state index in [1.54, 1.807) is 79.7 Å². The number of hydrogen-bond donors (Lipinski definition) is 1. The number of hydrogen-bond acceptors (Lipinski definition) is 1. The van der Waals surface area contributed by atoms with Crippen molar-refractivity contribution in [2.75, 3.05) is 0 Å². The fourth-order valence-corrected chi connectivity index (χ4v) is 6.20. The number of nitrogens with one attached hydrogen (secondary N) is 1. The van der Waals surface area contributed by atoms with Gasteiger partial charge in [-0.05, 0) is 43.2 Å². The van der Waals surface area contributed by atoms with Crippen LogP contribution >= 0.6 is 7.29 Å². The molecule has 0 aromatic heterocycles. The first-order chi connectivity index (χ1) is 13.7. The minimum absolute atomic E-state index is 0.0552. The molecule has 3 aromatic carbocycles. The van der Waals surface area contributed by atoms with Gasteiger partial charge in [0, 0.05) is 10.6 Å². The van der Waals surface area contributed by atoms with Gasteiger partial charge >= 0.3 is 6.18 Å². The van der Waals surface area contributed by atoms with E-state index in [0.29, 0.717) is 16.2 Å². The van der Waals surface area contributed by atoms with E-state index in [1.807, 2.05) is 0 Å². The minimum atomic E-state index is -4.66. The minimum Gasteiger partial charge on any atom is -0.296 e. The predicted octanol–water partition coefficient (Wildman–Crippen LogP) is 5.68. The van der Waals surface area contributed by atoms with Crippen molar-refractivity contribution in [3.63, 3.8) is 0 Å². The van der Waals surface area contributed by atoms with E-state index >= 15 is 0 Å². The maximum atomic E-state index is 14.6. The van der Waals surface area contributed by atoms with E-state index in [0.717, 1.165) is 0 Å². The van der Waals surface area contributed by atoms with Crippen molar-refractivity contribution in [2.45, 2.75) is 32.0 Å². The van der Waals surface area contributed by atoms with Crippen LogP contribution in [0.2, 0.25) is 0 Å². The summed E-state index contributed by atoms with van der Waals surface area (Å²) in [4.78, 5) is 0. The molecule has 0 bridgehead atoms. The first-order valence-electron chi connectivity index (χ1n) is 9.37. The molecule has 152 valence electrons. The lowest BCUT2D eigenvalue weighted by Gasteiger charge is -2.40. The zero-order valence-electron chi connectivity index (χ0n) is 16.3. The summed E-state index contributed by atoms with van der Waals surface area (Å²) in [5.74, 6) is 0.